The van der Waals surface area contributed by atoms with E-state index < -0.39 is 0 Å². The van der Waals surface area contributed by atoms with Crippen molar-refractivity contribution in [2.75, 3.05) is 7.11 Å². The van der Waals surface area contributed by atoms with Crippen LogP contribution in [0.2, 0.25) is 0 Å². The molecule has 140 valence electrons. The van der Waals surface area contributed by atoms with Crippen LogP contribution in [0, 0.1) is 17.8 Å². The summed E-state index contributed by atoms with van der Waals surface area (Å²) in [6, 6.07) is 7.74. The summed E-state index contributed by atoms with van der Waals surface area (Å²) in [6.45, 7) is 5.45. The highest BCUT2D eigenvalue weighted by atomic mass is 16.5. The third-order valence-electron chi connectivity index (χ3n) is 6.06. The van der Waals surface area contributed by atoms with E-state index in [2.05, 4.69) is 29.3 Å². The lowest BCUT2D eigenvalue weighted by atomic mass is 9.61. The Morgan fingerprint density at radius 2 is 1.88 bits per heavy atom. The first-order valence-electron chi connectivity index (χ1n) is 9.78. The zero-order valence-electron chi connectivity index (χ0n) is 16.0. The Morgan fingerprint density at radius 1 is 1.15 bits per heavy atom. The van der Waals surface area contributed by atoms with Gasteiger partial charge in [0, 0.05) is 5.54 Å². The fourth-order valence-electron chi connectivity index (χ4n) is 5.44. The van der Waals surface area contributed by atoms with Gasteiger partial charge in [0.1, 0.15) is 5.75 Å². The second-order valence-corrected chi connectivity index (χ2v) is 8.51. The molecule has 1 aromatic heterocycles. The molecule has 4 rings (SSSR count). The molecule has 1 aromatic carbocycles. The summed E-state index contributed by atoms with van der Waals surface area (Å²) in [4.78, 5) is 4.59. The lowest BCUT2D eigenvalue weighted by Crippen LogP contribution is -2.54. The van der Waals surface area contributed by atoms with Gasteiger partial charge in [-0.15, -0.1) is 0 Å². The van der Waals surface area contributed by atoms with Gasteiger partial charge in [0.2, 0.25) is 0 Å². The van der Waals surface area contributed by atoms with Crippen molar-refractivity contribution in [1.82, 2.24) is 15.5 Å². The van der Waals surface area contributed by atoms with Gasteiger partial charge in [-0.1, -0.05) is 31.1 Å². The van der Waals surface area contributed by atoms with Gasteiger partial charge in [-0.2, -0.15) is 4.98 Å². The average Bonchev–Trinajstić information content (AvgIpc) is 3.07. The van der Waals surface area contributed by atoms with Crippen molar-refractivity contribution in [2.24, 2.45) is 17.8 Å². The third-order valence-corrected chi connectivity index (χ3v) is 6.06. The Balaban J connectivity index is 1.48. The van der Waals surface area contributed by atoms with Gasteiger partial charge in [0.05, 0.1) is 19.2 Å². The van der Waals surface area contributed by atoms with Crippen molar-refractivity contribution in [3.63, 3.8) is 0 Å². The van der Waals surface area contributed by atoms with E-state index >= 15 is 0 Å². The Bertz CT molecular complexity index is 738. The van der Waals surface area contributed by atoms with Crippen LogP contribution in [0.3, 0.4) is 0 Å². The molecule has 1 heterocycles. The van der Waals surface area contributed by atoms with Gasteiger partial charge in [-0.05, 0) is 62.0 Å². The molecule has 2 aromatic rings. The first-order chi connectivity index (χ1) is 12.6. The number of methoxy groups -OCH3 is 1. The summed E-state index contributed by atoms with van der Waals surface area (Å²) in [5.74, 6) is 4.44. The summed E-state index contributed by atoms with van der Waals surface area (Å²) in [7, 11) is 1.65. The van der Waals surface area contributed by atoms with Gasteiger partial charge < -0.3 is 14.6 Å². The maximum atomic E-state index is 5.50. The predicted molar refractivity (Wildman–Crippen MR) is 101 cm³/mol. The first kappa shape index (κ1) is 17.5. The van der Waals surface area contributed by atoms with E-state index in [9.17, 15) is 0 Å². The molecule has 0 saturated heterocycles. The second kappa shape index (κ2) is 7.03. The molecule has 2 fully saturated rings. The highest BCUT2D eigenvalue weighted by Gasteiger charge is 2.43. The molecule has 5 nitrogen and oxygen atoms in total. The van der Waals surface area contributed by atoms with Crippen molar-refractivity contribution in [2.45, 2.75) is 58.0 Å². The monoisotopic (exact) mass is 355 g/mol. The van der Waals surface area contributed by atoms with Crippen molar-refractivity contribution in [3.05, 3.63) is 30.1 Å². The number of fused-ring (bicyclic) bond motifs is 2. The van der Waals surface area contributed by atoms with Gasteiger partial charge >= 0.3 is 0 Å². The Kier molecular flexibility index (Phi) is 4.74. The molecular weight excluding hydrogens is 326 g/mol. The van der Waals surface area contributed by atoms with Crippen LogP contribution in [0.5, 0.6) is 5.75 Å². The summed E-state index contributed by atoms with van der Waals surface area (Å²) in [5, 5.41) is 8.01. The maximum absolute atomic E-state index is 5.50. The molecule has 2 atom stereocenters. The summed E-state index contributed by atoms with van der Waals surface area (Å²) in [5.41, 5.74) is 1.08. The number of aromatic nitrogens is 2. The molecule has 2 aliphatic rings. The normalized spacial score (nSPS) is 31.0. The van der Waals surface area contributed by atoms with E-state index in [4.69, 9.17) is 9.26 Å². The van der Waals surface area contributed by atoms with Crippen molar-refractivity contribution >= 4 is 0 Å². The van der Waals surface area contributed by atoms with Crippen LogP contribution >= 0.6 is 0 Å². The predicted octanol–water partition coefficient (Wildman–Crippen LogP) is 4.44. The van der Waals surface area contributed by atoms with Crippen LogP contribution in [-0.2, 0) is 6.54 Å². The molecule has 0 aliphatic heterocycles. The topological polar surface area (TPSA) is 60.2 Å². The zero-order valence-corrected chi connectivity index (χ0v) is 16.0. The number of ether oxygens (including phenoxy) is 1. The van der Waals surface area contributed by atoms with E-state index in [-0.39, 0.29) is 5.54 Å². The van der Waals surface area contributed by atoms with Gasteiger partial charge in [0.15, 0.2) is 5.82 Å². The lowest BCUT2D eigenvalue weighted by molar-refractivity contribution is 0.0536. The van der Waals surface area contributed by atoms with Crippen LogP contribution in [0.25, 0.3) is 11.5 Å². The average molecular weight is 355 g/mol. The minimum Gasteiger partial charge on any atom is -0.496 e. The largest absolute Gasteiger partial charge is 0.496 e. The molecule has 1 N–H and O–H groups in total. The minimum absolute atomic E-state index is 0.241. The SMILES string of the molecule is COc1ccccc1-c1nc(CNC23CC(C)CC(CC(C)C2)C3)no1. The molecule has 0 amide bonds. The van der Waals surface area contributed by atoms with Gasteiger partial charge in [0.25, 0.3) is 5.89 Å². The van der Waals surface area contributed by atoms with Crippen molar-refractivity contribution in [1.29, 1.82) is 0 Å². The molecule has 2 bridgehead atoms. The number of hydrogen-bond donors (Lipinski definition) is 1. The zero-order chi connectivity index (χ0) is 18.1. The number of rotatable bonds is 5. The second-order valence-electron chi connectivity index (χ2n) is 8.51. The minimum atomic E-state index is 0.241. The highest BCUT2D eigenvalue weighted by Crippen LogP contribution is 2.47. The summed E-state index contributed by atoms with van der Waals surface area (Å²) >= 11 is 0. The van der Waals surface area contributed by atoms with Gasteiger partial charge in [-0.3, -0.25) is 0 Å². The Morgan fingerprint density at radius 3 is 2.62 bits per heavy atom. The lowest BCUT2D eigenvalue weighted by Gasteiger charge is -2.50. The fraction of sp³-hybridized carbons (Fsp3) is 0.619. The Hall–Kier alpha value is -1.88. The van der Waals surface area contributed by atoms with E-state index in [0.29, 0.717) is 18.3 Å². The van der Waals surface area contributed by atoms with Crippen LogP contribution in [0.4, 0.5) is 0 Å². The van der Waals surface area contributed by atoms with Crippen LogP contribution < -0.4 is 10.1 Å². The fourth-order valence-corrected chi connectivity index (χ4v) is 5.44. The van der Waals surface area contributed by atoms with E-state index in [0.717, 1.165) is 29.1 Å². The first-order valence-corrected chi connectivity index (χ1v) is 9.78. The molecule has 5 heteroatoms. The maximum Gasteiger partial charge on any atom is 0.261 e. The number of hydrogen-bond acceptors (Lipinski definition) is 5. The standard InChI is InChI=1S/C21H29N3O2/c1-14-8-16-9-15(2)11-21(10-14,12-16)22-13-19-23-20(26-24-19)17-6-4-5-7-18(17)25-3/h4-7,14-16,22H,8-13H2,1-3H3. The molecule has 2 aliphatic carbocycles. The van der Waals surface area contributed by atoms with Crippen LogP contribution in [-0.4, -0.2) is 22.8 Å². The smallest absolute Gasteiger partial charge is 0.261 e. The number of nitrogens with one attached hydrogen (secondary N) is 1. The van der Waals surface area contributed by atoms with Crippen molar-refractivity contribution < 1.29 is 9.26 Å². The molecule has 2 saturated carbocycles. The third kappa shape index (κ3) is 3.50. The highest BCUT2D eigenvalue weighted by molar-refractivity contribution is 5.62. The summed E-state index contributed by atoms with van der Waals surface area (Å²) in [6.07, 6.45) is 6.57. The van der Waals surface area contributed by atoms with Crippen molar-refractivity contribution in [3.8, 4) is 17.2 Å². The van der Waals surface area contributed by atoms with E-state index in [1.54, 1.807) is 7.11 Å². The molecular formula is C21H29N3O2. The quantitative estimate of drug-likeness (QED) is 0.859. The van der Waals surface area contributed by atoms with Gasteiger partial charge in [-0.25, -0.2) is 0 Å². The van der Waals surface area contributed by atoms with Crippen LogP contribution in [0.15, 0.2) is 28.8 Å². The number of para-hydroxylation sites is 1. The summed E-state index contributed by atoms with van der Waals surface area (Å²) < 4.78 is 10.9. The Labute approximate surface area is 155 Å². The molecule has 26 heavy (non-hydrogen) atoms. The van der Waals surface area contributed by atoms with E-state index in [1.165, 1.54) is 32.1 Å². The van der Waals surface area contributed by atoms with E-state index in [1.807, 2.05) is 24.3 Å². The van der Waals surface area contributed by atoms with Crippen LogP contribution in [0.1, 0.15) is 51.8 Å². The number of nitrogens with zero attached hydrogens (tertiary/aromatic N) is 2. The molecule has 0 radical (unpaired) electrons. The molecule has 2 unspecified atom stereocenters. The number of benzene rings is 1. The molecule has 0 spiro atoms.